The third-order valence-corrected chi connectivity index (χ3v) is 5.49. The summed E-state index contributed by atoms with van der Waals surface area (Å²) in [5.41, 5.74) is 4.09. The van der Waals surface area contributed by atoms with Crippen molar-refractivity contribution in [2.45, 2.75) is 25.2 Å². The van der Waals surface area contributed by atoms with Crippen LogP contribution in [0.2, 0.25) is 5.02 Å². The molecule has 2 nitrogen and oxygen atoms in total. The highest BCUT2D eigenvalue weighted by Crippen LogP contribution is 2.33. The van der Waals surface area contributed by atoms with Gasteiger partial charge in [0.2, 0.25) is 0 Å². The molecule has 132 valence electrons. The maximum Gasteiger partial charge on any atom is 0.0456 e. The van der Waals surface area contributed by atoms with Gasteiger partial charge in [-0.25, -0.2) is 0 Å². The number of fused-ring (bicyclic) bond motifs is 1. The number of H-pyrrole nitrogens is 1. The number of hydrogen-bond donors (Lipinski definition) is 1. The molecule has 1 saturated heterocycles. The summed E-state index contributed by atoms with van der Waals surface area (Å²) in [6.45, 7) is 3.50. The second kappa shape index (κ2) is 8.27. The van der Waals surface area contributed by atoms with Crippen molar-refractivity contribution in [1.82, 2.24) is 9.88 Å². The lowest BCUT2D eigenvalue weighted by atomic mass is 9.89. The largest absolute Gasteiger partial charge is 0.361 e. The Morgan fingerprint density at radius 2 is 1.84 bits per heavy atom. The molecule has 0 bridgehead atoms. The SMILES string of the molecule is Cl.Clc1cccc(CCN2CCC(c3c[nH]c4ccccc34)CC2)c1. The third kappa shape index (κ3) is 4.20. The number of benzene rings is 2. The summed E-state index contributed by atoms with van der Waals surface area (Å²) >= 11 is 6.07. The molecule has 1 N–H and O–H groups in total. The van der Waals surface area contributed by atoms with E-state index in [-0.39, 0.29) is 12.4 Å². The van der Waals surface area contributed by atoms with Crippen LogP contribution in [0.15, 0.2) is 54.7 Å². The Morgan fingerprint density at radius 3 is 2.64 bits per heavy atom. The van der Waals surface area contributed by atoms with Gasteiger partial charge >= 0.3 is 0 Å². The molecule has 4 rings (SSSR count). The summed E-state index contributed by atoms with van der Waals surface area (Å²) in [7, 11) is 0. The topological polar surface area (TPSA) is 19.0 Å². The molecule has 0 saturated carbocycles. The molecule has 2 heterocycles. The maximum absolute atomic E-state index is 6.07. The zero-order valence-electron chi connectivity index (χ0n) is 14.2. The molecule has 0 amide bonds. The smallest absolute Gasteiger partial charge is 0.0456 e. The molecule has 1 aliphatic rings. The molecule has 1 fully saturated rings. The second-order valence-electron chi connectivity index (χ2n) is 6.79. The van der Waals surface area contributed by atoms with Crippen LogP contribution in [0.1, 0.15) is 29.9 Å². The minimum absolute atomic E-state index is 0. The van der Waals surface area contributed by atoms with Gasteiger partial charge in [-0.05, 0) is 67.6 Å². The molecule has 0 atom stereocenters. The van der Waals surface area contributed by atoms with Crippen molar-refractivity contribution >= 4 is 34.9 Å². The van der Waals surface area contributed by atoms with Crippen molar-refractivity contribution in [3.63, 3.8) is 0 Å². The van der Waals surface area contributed by atoms with Gasteiger partial charge in [0.15, 0.2) is 0 Å². The quantitative estimate of drug-likeness (QED) is 0.623. The number of piperidine rings is 1. The molecule has 1 aliphatic heterocycles. The van der Waals surface area contributed by atoms with Crippen LogP contribution in [-0.2, 0) is 6.42 Å². The van der Waals surface area contributed by atoms with Gasteiger partial charge in [-0.1, -0.05) is 41.9 Å². The summed E-state index contributed by atoms with van der Waals surface area (Å²) in [5, 5.41) is 2.24. The van der Waals surface area contributed by atoms with Crippen molar-refractivity contribution in [3.8, 4) is 0 Å². The van der Waals surface area contributed by atoms with Crippen LogP contribution in [0.5, 0.6) is 0 Å². The van der Waals surface area contributed by atoms with E-state index in [0.717, 1.165) is 18.0 Å². The zero-order chi connectivity index (χ0) is 16.4. The Kier molecular flexibility index (Phi) is 6.06. The molecular formula is C21H24Cl2N2. The molecule has 25 heavy (non-hydrogen) atoms. The van der Waals surface area contributed by atoms with Gasteiger partial charge in [-0.15, -0.1) is 12.4 Å². The zero-order valence-corrected chi connectivity index (χ0v) is 15.8. The van der Waals surface area contributed by atoms with E-state index in [1.165, 1.54) is 48.0 Å². The number of nitrogens with one attached hydrogen (secondary N) is 1. The number of likely N-dealkylation sites (tertiary alicyclic amines) is 1. The van der Waals surface area contributed by atoms with Crippen LogP contribution in [0.3, 0.4) is 0 Å². The molecule has 0 aliphatic carbocycles. The predicted molar refractivity (Wildman–Crippen MR) is 109 cm³/mol. The number of aromatic nitrogens is 1. The first kappa shape index (κ1) is 18.3. The van der Waals surface area contributed by atoms with Crippen molar-refractivity contribution in [2.75, 3.05) is 19.6 Å². The summed E-state index contributed by atoms with van der Waals surface area (Å²) < 4.78 is 0. The average molecular weight is 375 g/mol. The van der Waals surface area contributed by atoms with E-state index in [0.29, 0.717) is 5.92 Å². The lowest BCUT2D eigenvalue weighted by Crippen LogP contribution is -2.34. The number of aromatic amines is 1. The van der Waals surface area contributed by atoms with E-state index in [2.05, 4.69) is 52.5 Å². The molecule has 3 aromatic rings. The molecule has 0 radical (unpaired) electrons. The summed E-state index contributed by atoms with van der Waals surface area (Å²) in [6.07, 6.45) is 5.80. The molecule has 0 spiro atoms. The van der Waals surface area contributed by atoms with Crippen LogP contribution in [0.25, 0.3) is 10.9 Å². The normalized spacial score (nSPS) is 16.0. The number of hydrogen-bond acceptors (Lipinski definition) is 1. The monoisotopic (exact) mass is 374 g/mol. The van der Waals surface area contributed by atoms with Crippen molar-refractivity contribution in [2.24, 2.45) is 0 Å². The Labute approximate surface area is 160 Å². The van der Waals surface area contributed by atoms with Gasteiger partial charge in [0.25, 0.3) is 0 Å². The van der Waals surface area contributed by atoms with E-state index < -0.39 is 0 Å². The fourth-order valence-corrected chi connectivity index (χ4v) is 4.09. The lowest BCUT2D eigenvalue weighted by molar-refractivity contribution is 0.215. The highest BCUT2D eigenvalue weighted by molar-refractivity contribution is 6.30. The fraction of sp³-hybridized carbons (Fsp3) is 0.333. The molecule has 0 unspecified atom stereocenters. The maximum atomic E-state index is 6.07. The highest BCUT2D eigenvalue weighted by Gasteiger charge is 2.22. The van der Waals surface area contributed by atoms with Gasteiger partial charge < -0.3 is 9.88 Å². The van der Waals surface area contributed by atoms with E-state index in [4.69, 9.17) is 11.6 Å². The summed E-state index contributed by atoms with van der Waals surface area (Å²) in [4.78, 5) is 6.01. The first-order valence-corrected chi connectivity index (χ1v) is 9.20. The first-order chi connectivity index (χ1) is 11.8. The predicted octanol–water partition coefficient (Wildman–Crippen LogP) is 5.67. The van der Waals surface area contributed by atoms with E-state index in [1.807, 2.05) is 12.1 Å². The van der Waals surface area contributed by atoms with Crippen LogP contribution in [-0.4, -0.2) is 29.5 Å². The molecular weight excluding hydrogens is 351 g/mol. The molecule has 4 heteroatoms. The fourth-order valence-electron chi connectivity index (χ4n) is 3.88. The van der Waals surface area contributed by atoms with Gasteiger partial charge in [-0.2, -0.15) is 0 Å². The van der Waals surface area contributed by atoms with Gasteiger partial charge in [0.1, 0.15) is 0 Å². The van der Waals surface area contributed by atoms with E-state index in [9.17, 15) is 0 Å². The Hall–Kier alpha value is -1.48. The second-order valence-corrected chi connectivity index (χ2v) is 7.22. The summed E-state index contributed by atoms with van der Waals surface area (Å²) in [6, 6.07) is 16.9. The van der Waals surface area contributed by atoms with Crippen molar-refractivity contribution < 1.29 is 0 Å². The van der Waals surface area contributed by atoms with Crippen LogP contribution >= 0.6 is 24.0 Å². The minimum Gasteiger partial charge on any atom is -0.361 e. The standard InChI is InChI=1S/C21H23ClN2.ClH/c22-18-5-3-4-16(14-18)8-11-24-12-9-17(10-13-24)20-15-23-21-7-2-1-6-19(20)21;/h1-7,14-15,17,23H,8-13H2;1H. The Balaban J connectivity index is 0.00000182. The van der Waals surface area contributed by atoms with Gasteiger partial charge in [0.05, 0.1) is 0 Å². The van der Waals surface area contributed by atoms with E-state index >= 15 is 0 Å². The lowest BCUT2D eigenvalue weighted by Gasteiger charge is -2.32. The van der Waals surface area contributed by atoms with Crippen LogP contribution in [0.4, 0.5) is 0 Å². The molecule has 1 aromatic heterocycles. The van der Waals surface area contributed by atoms with Crippen molar-refractivity contribution in [1.29, 1.82) is 0 Å². The van der Waals surface area contributed by atoms with E-state index in [1.54, 1.807) is 0 Å². The average Bonchev–Trinajstić information content (AvgIpc) is 3.05. The van der Waals surface area contributed by atoms with Crippen LogP contribution in [0, 0.1) is 0 Å². The van der Waals surface area contributed by atoms with Crippen molar-refractivity contribution in [3.05, 3.63) is 70.9 Å². The Bertz CT molecular complexity index is 819. The first-order valence-electron chi connectivity index (χ1n) is 8.82. The number of rotatable bonds is 4. The van der Waals surface area contributed by atoms with Crippen LogP contribution < -0.4 is 0 Å². The molecule has 2 aromatic carbocycles. The third-order valence-electron chi connectivity index (χ3n) is 5.25. The Morgan fingerprint density at radius 1 is 1.04 bits per heavy atom. The van der Waals surface area contributed by atoms with Gasteiger partial charge in [0, 0.05) is 28.7 Å². The highest BCUT2D eigenvalue weighted by atomic mass is 35.5. The number of nitrogens with zero attached hydrogens (tertiary/aromatic N) is 1. The van der Waals surface area contributed by atoms with Gasteiger partial charge in [-0.3, -0.25) is 0 Å². The number of para-hydroxylation sites is 1. The summed E-state index contributed by atoms with van der Waals surface area (Å²) in [5.74, 6) is 0.684. The minimum atomic E-state index is 0. The number of halogens is 2.